The van der Waals surface area contributed by atoms with Gasteiger partial charge in [0, 0.05) is 24.5 Å². The second-order valence-electron chi connectivity index (χ2n) is 4.90. The first-order chi connectivity index (χ1) is 12.3. The molecule has 0 aliphatic carbocycles. The van der Waals surface area contributed by atoms with Crippen LogP contribution in [0.2, 0.25) is 0 Å². The molecule has 0 aliphatic rings. The van der Waals surface area contributed by atoms with Crippen molar-refractivity contribution in [2.45, 2.75) is 28.0 Å². The Morgan fingerprint density at radius 3 is 2.76 bits per heavy atom. The van der Waals surface area contributed by atoms with E-state index in [9.17, 15) is 0 Å². The Morgan fingerprint density at radius 2 is 2.00 bits per heavy atom. The van der Waals surface area contributed by atoms with Crippen LogP contribution in [0.5, 0.6) is 0 Å². The number of pyridine rings is 1. The second kappa shape index (κ2) is 7.06. The second-order valence-corrected chi connectivity index (χ2v) is 7.91. The van der Waals surface area contributed by atoms with Gasteiger partial charge in [0.2, 0.25) is 0 Å². The van der Waals surface area contributed by atoms with Crippen molar-refractivity contribution in [3.63, 3.8) is 0 Å². The van der Waals surface area contributed by atoms with Crippen molar-refractivity contribution in [3.05, 3.63) is 30.9 Å². The molecule has 0 unspecified atom stereocenters. The van der Waals surface area contributed by atoms with Gasteiger partial charge in [-0.25, -0.2) is 15.0 Å². The van der Waals surface area contributed by atoms with E-state index in [0.717, 1.165) is 42.8 Å². The van der Waals surface area contributed by atoms with E-state index in [0.29, 0.717) is 0 Å². The molecule has 0 aliphatic heterocycles. The third-order valence-electron chi connectivity index (χ3n) is 3.47. The maximum atomic E-state index is 4.50. The van der Waals surface area contributed by atoms with Gasteiger partial charge in [0.05, 0.1) is 0 Å². The zero-order chi connectivity index (χ0) is 17.2. The number of aromatic nitrogens is 7. The molecule has 126 valence electrons. The number of thiazole rings is 1. The molecule has 10 heteroatoms. The van der Waals surface area contributed by atoms with Crippen LogP contribution in [0, 0.1) is 0 Å². The number of nitrogens with zero attached hydrogens (tertiary/aromatic N) is 7. The van der Waals surface area contributed by atoms with Gasteiger partial charge in [-0.1, -0.05) is 11.8 Å². The fourth-order valence-electron chi connectivity index (χ4n) is 2.32. The van der Waals surface area contributed by atoms with Gasteiger partial charge in [-0.3, -0.25) is 4.98 Å². The molecular formula is C15H13N7S3. The number of thioether (sulfide) groups is 1. The first kappa shape index (κ1) is 16.4. The van der Waals surface area contributed by atoms with Crippen molar-refractivity contribution in [3.8, 4) is 11.4 Å². The highest BCUT2D eigenvalue weighted by molar-refractivity contribution is 8.00. The van der Waals surface area contributed by atoms with E-state index in [4.69, 9.17) is 0 Å². The Hall–Kier alpha value is -2.04. The van der Waals surface area contributed by atoms with E-state index < -0.39 is 0 Å². The minimum Gasteiger partial charge on any atom is -0.302 e. The summed E-state index contributed by atoms with van der Waals surface area (Å²) in [7, 11) is 0. The van der Waals surface area contributed by atoms with Crippen LogP contribution >= 0.6 is 34.9 Å². The summed E-state index contributed by atoms with van der Waals surface area (Å²) in [4.78, 5) is 17.2. The van der Waals surface area contributed by atoms with Crippen LogP contribution in [-0.4, -0.2) is 41.0 Å². The first-order valence-electron chi connectivity index (χ1n) is 7.47. The summed E-state index contributed by atoms with van der Waals surface area (Å²) in [5, 5.41) is 10.4. The molecule has 0 spiro atoms. The molecule has 0 amide bonds. The van der Waals surface area contributed by atoms with Crippen LogP contribution < -0.4 is 0 Å². The standard InChI is InChI=1S/C15H13N7S3/c1-3-22-12(9-4-6-16-7-5-9)20-21-14(22)25-13-10-11(17-8-18-13)19-15(23-2)24-10/h4-8H,3H2,1-2H3. The smallest absolute Gasteiger partial charge is 0.197 e. The fraction of sp³-hybridized carbons (Fsp3) is 0.200. The average molecular weight is 388 g/mol. The van der Waals surface area contributed by atoms with Crippen molar-refractivity contribution in [1.29, 1.82) is 0 Å². The fourth-order valence-corrected chi connectivity index (χ4v) is 4.84. The van der Waals surface area contributed by atoms with Crippen LogP contribution in [0.25, 0.3) is 21.7 Å². The molecule has 4 aromatic rings. The highest BCUT2D eigenvalue weighted by atomic mass is 32.2. The molecule has 4 heterocycles. The summed E-state index contributed by atoms with van der Waals surface area (Å²) in [6, 6.07) is 3.86. The Kier molecular flexibility index (Phi) is 4.64. The minimum atomic E-state index is 0.726. The predicted molar refractivity (Wildman–Crippen MR) is 100 cm³/mol. The number of hydrogen-bond donors (Lipinski definition) is 0. The van der Waals surface area contributed by atoms with E-state index in [1.54, 1.807) is 41.8 Å². The topological polar surface area (TPSA) is 82.3 Å². The van der Waals surface area contributed by atoms with Gasteiger partial charge in [-0.2, -0.15) is 0 Å². The average Bonchev–Trinajstić information content (AvgIpc) is 3.26. The summed E-state index contributed by atoms with van der Waals surface area (Å²) in [5.74, 6) is 0.826. The van der Waals surface area contributed by atoms with Crippen molar-refractivity contribution in [1.82, 2.24) is 34.7 Å². The van der Waals surface area contributed by atoms with Crippen molar-refractivity contribution in [2.75, 3.05) is 6.26 Å². The van der Waals surface area contributed by atoms with Gasteiger partial charge in [-0.05, 0) is 37.1 Å². The monoisotopic (exact) mass is 387 g/mol. The van der Waals surface area contributed by atoms with Crippen molar-refractivity contribution >= 4 is 45.2 Å². The molecule has 0 saturated heterocycles. The van der Waals surface area contributed by atoms with Gasteiger partial charge in [0.25, 0.3) is 0 Å². The van der Waals surface area contributed by atoms with Crippen LogP contribution in [-0.2, 0) is 6.54 Å². The summed E-state index contributed by atoms with van der Waals surface area (Å²) in [6.45, 7) is 2.84. The van der Waals surface area contributed by atoms with Crippen LogP contribution in [0.1, 0.15) is 6.92 Å². The third-order valence-corrected chi connectivity index (χ3v) is 6.63. The molecular weight excluding hydrogens is 374 g/mol. The molecule has 0 bridgehead atoms. The van der Waals surface area contributed by atoms with E-state index in [1.807, 2.05) is 18.4 Å². The van der Waals surface area contributed by atoms with Gasteiger partial charge in [0.15, 0.2) is 21.0 Å². The molecule has 4 aromatic heterocycles. The van der Waals surface area contributed by atoms with Gasteiger partial charge in [-0.15, -0.1) is 21.5 Å². The predicted octanol–water partition coefficient (Wildman–Crippen LogP) is 3.63. The lowest BCUT2D eigenvalue weighted by atomic mass is 10.2. The summed E-state index contributed by atoms with van der Waals surface area (Å²) < 4.78 is 4.03. The zero-order valence-corrected chi connectivity index (χ0v) is 15.9. The Bertz CT molecular complexity index is 1010. The summed E-state index contributed by atoms with van der Waals surface area (Å²) >= 11 is 4.70. The normalized spacial score (nSPS) is 11.3. The molecule has 0 fully saturated rings. The maximum absolute atomic E-state index is 4.50. The van der Waals surface area contributed by atoms with E-state index in [2.05, 4.69) is 41.6 Å². The Labute approximate surface area is 156 Å². The highest BCUT2D eigenvalue weighted by Gasteiger charge is 2.17. The molecule has 4 rings (SSSR count). The third kappa shape index (κ3) is 3.12. The Morgan fingerprint density at radius 1 is 1.16 bits per heavy atom. The maximum Gasteiger partial charge on any atom is 0.197 e. The van der Waals surface area contributed by atoms with Gasteiger partial charge >= 0.3 is 0 Å². The van der Waals surface area contributed by atoms with E-state index >= 15 is 0 Å². The molecule has 0 radical (unpaired) electrons. The highest BCUT2D eigenvalue weighted by Crippen LogP contribution is 2.36. The molecule has 25 heavy (non-hydrogen) atoms. The van der Waals surface area contributed by atoms with Gasteiger partial charge < -0.3 is 4.57 Å². The largest absolute Gasteiger partial charge is 0.302 e. The lowest BCUT2D eigenvalue weighted by molar-refractivity contribution is 0.687. The van der Waals surface area contributed by atoms with E-state index in [-0.39, 0.29) is 0 Å². The number of rotatable bonds is 5. The number of hydrogen-bond acceptors (Lipinski definition) is 9. The molecule has 0 aromatic carbocycles. The lowest BCUT2D eigenvalue weighted by Crippen LogP contribution is -2.00. The first-order valence-corrected chi connectivity index (χ1v) is 10.3. The van der Waals surface area contributed by atoms with Crippen molar-refractivity contribution < 1.29 is 0 Å². The minimum absolute atomic E-state index is 0.726. The summed E-state index contributed by atoms with van der Waals surface area (Å²) in [5.41, 5.74) is 1.72. The van der Waals surface area contributed by atoms with Gasteiger partial charge in [0.1, 0.15) is 16.1 Å². The molecule has 7 nitrogen and oxygen atoms in total. The zero-order valence-electron chi connectivity index (χ0n) is 13.4. The lowest BCUT2D eigenvalue weighted by Gasteiger charge is -2.06. The van der Waals surface area contributed by atoms with Crippen molar-refractivity contribution in [2.24, 2.45) is 0 Å². The van der Waals surface area contributed by atoms with E-state index in [1.165, 1.54) is 11.8 Å². The SMILES string of the molecule is CCn1c(Sc2ncnc3nc(SC)sc23)nnc1-c1ccncc1. The molecule has 0 N–H and O–H groups in total. The number of fused-ring (bicyclic) bond motifs is 1. The quantitative estimate of drug-likeness (QED) is 0.379. The van der Waals surface area contributed by atoms with Crippen LogP contribution in [0.4, 0.5) is 0 Å². The Balaban J connectivity index is 1.75. The van der Waals surface area contributed by atoms with Crippen LogP contribution in [0.3, 0.4) is 0 Å². The summed E-state index contributed by atoms with van der Waals surface area (Å²) in [6.07, 6.45) is 7.07. The van der Waals surface area contributed by atoms with Crippen LogP contribution in [0.15, 0.2) is 45.4 Å². The molecule has 0 saturated carbocycles. The molecule has 0 atom stereocenters.